The molecule has 5 rings (SSSR count). The number of nitrogens with zero attached hydrogens (tertiary/aromatic N) is 1. The number of benzene rings is 2. The molecule has 1 aliphatic heterocycles. The Morgan fingerprint density at radius 2 is 1.71 bits per heavy atom. The highest BCUT2D eigenvalue weighted by molar-refractivity contribution is 6.30. The van der Waals surface area contributed by atoms with Crippen molar-refractivity contribution in [2.24, 2.45) is 0 Å². The number of amides is 1. The minimum absolute atomic E-state index is 0.0539. The highest BCUT2D eigenvalue weighted by Gasteiger charge is 2.35. The number of carbonyl (C=O) groups is 2. The van der Waals surface area contributed by atoms with E-state index in [4.69, 9.17) is 32.7 Å². The van der Waals surface area contributed by atoms with Crippen LogP contribution in [0.5, 0.6) is 11.5 Å². The van der Waals surface area contributed by atoms with Gasteiger partial charge in [0.1, 0.15) is 17.5 Å². The highest BCUT2D eigenvalue weighted by Crippen LogP contribution is 2.34. The molecule has 0 bridgehead atoms. The molecule has 1 amide bonds. The number of aromatic nitrogens is 1. The van der Waals surface area contributed by atoms with Crippen LogP contribution in [0, 0.1) is 0 Å². The lowest BCUT2D eigenvalue weighted by Gasteiger charge is -2.35. The second kappa shape index (κ2) is 9.20. The molecule has 6 nitrogen and oxygen atoms in total. The number of hydrogen-bond donors (Lipinski definition) is 1. The van der Waals surface area contributed by atoms with Crippen LogP contribution in [0.15, 0.2) is 48.5 Å². The summed E-state index contributed by atoms with van der Waals surface area (Å²) in [6, 6.07) is 13.4. The molecule has 1 unspecified atom stereocenters. The van der Waals surface area contributed by atoms with Crippen molar-refractivity contribution in [1.82, 2.24) is 9.88 Å². The highest BCUT2D eigenvalue weighted by atomic mass is 35.5. The van der Waals surface area contributed by atoms with Gasteiger partial charge in [-0.1, -0.05) is 35.9 Å². The number of ether oxygens (including phenoxy) is 2. The standard InChI is InChI=1S/C26H22Cl2N2O4/c1-15(31)33-19-7-2-16(3-8-19)25-24-21(22-14-18(28)6-11-23(22)29-24)12-13-30(25)26(32)34-20-9-4-17(27)5-10-20/h2-5,7-11,14,18,25,29H,6,12-13H2,1H3/t18?,25-/m1/s1. The van der Waals surface area contributed by atoms with E-state index in [-0.39, 0.29) is 11.3 Å². The molecule has 0 saturated heterocycles. The van der Waals surface area contributed by atoms with Crippen molar-refractivity contribution in [3.8, 4) is 11.5 Å². The first-order chi connectivity index (χ1) is 16.4. The molecular formula is C26H22Cl2N2O4. The molecule has 0 fully saturated rings. The number of halogens is 2. The Morgan fingerprint density at radius 3 is 2.41 bits per heavy atom. The second-order valence-corrected chi connectivity index (χ2v) is 9.29. The van der Waals surface area contributed by atoms with Crippen LogP contribution < -0.4 is 20.0 Å². The predicted octanol–water partition coefficient (Wildman–Crippen LogP) is 4.31. The van der Waals surface area contributed by atoms with Crippen molar-refractivity contribution in [3.63, 3.8) is 0 Å². The predicted molar refractivity (Wildman–Crippen MR) is 131 cm³/mol. The average molecular weight is 497 g/mol. The monoisotopic (exact) mass is 496 g/mol. The summed E-state index contributed by atoms with van der Waals surface area (Å²) in [4.78, 5) is 29.9. The van der Waals surface area contributed by atoms with E-state index in [0.717, 1.165) is 33.8 Å². The molecule has 8 heteroatoms. The smallest absolute Gasteiger partial charge is 0.416 e. The Bertz CT molecular complexity index is 1360. The maximum atomic E-state index is 13.3. The third-order valence-electron chi connectivity index (χ3n) is 6.00. The number of H-pyrrole nitrogens is 1. The molecule has 2 heterocycles. The van der Waals surface area contributed by atoms with Gasteiger partial charge in [0, 0.05) is 34.8 Å². The summed E-state index contributed by atoms with van der Waals surface area (Å²) in [5.74, 6) is 0.473. The van der Waals surface area contributed by atoms with Gasteiger partial charge in [-0.05, 0) is 60.4 Å². The normalized spacial score (nSPS) is 18.7. The van der Waals surface area contributed by atoms with Gasteiger partial charge >= 0.3 is 12.1 Å². The van der Waals surface area contributed by atoms with Gasteiger partial charge in [-0.2, -0.15) is 0 Å². The third-order valence-corrected chi connectivity index (χ3v) is 6.56. The summed E-state index contributed by atoms with van der Waals surface area (Å²) in [7, 11) is 0. The number of carbonyl (C=O) groups excluding carboxylic acids is 2. The molecule has 2 atom stereocenters. The van der Waals surface area contributed by atoms with Gasteiger partial charge in [0.05, 0.1) is 5.38 Å². The van der Waals surface area contributed by atoms with Gasteiger partial charge in [0.2, 0.25) is 0 Å². The zero-order valence-electron chi connectivity index (χ0n) is 18.4. The summed E-state index contributed by atoms with van der Waals surface area (Å²) in [5, 5.41) is 2.64. The zero-order chi connectivity index (χ0) is 23.8. The molecule has 1 N–H and O–H groups in total. The quantitative estimate of drug-likeness (QED) is 0.333. The maximum Gasteiger partial charge on any atom is 0.416 e. The van der Waals surface area contributed by atoms with Crippen LogP contribution in [-0.2, 0) is 11.2 Å². The number of esters is 1. The van der Waals surface area contributed by atoms with Gasteiger partial charge < -0.3 is 14.5 Å². The Labute approximate surface area is 206 Å². The molecule has 0 radical (unpaired) electrons. The van der Waals surface area contributed by atoms with Gasteiger partial charge in [0.15, 0.2) is 0 Å². The first kappa shape index (κ1) is 22.6. The lowest BCUT2D eigenvalue weighted by Crippen LogP contribution is -2.43. The van der Waals surface area contributed by atoms with Crippen LogP contribution in [0.25, 0.3) is 12.2 Å². The van der Waals surface area contributed by atoms with E-state index in [1.54, 1.807) is 41.3 Å². The fraction of sp³-hybridized carbons (Fsp3) is 0.231. The lowest BCUT2D eigenvalue weighted by atomic mass is 9.92. The minimum Gasteiger partial charge on any atom is -0.427 e. The van der Waals surface area contributed by atoms with Crippen LogP contribution in [0.1, 0.15) is 36.2 Å². The fourth-order valence-electron chi connectivity index (χ4n) is 4.54. The molecule has 1 aliphatic carbocycles. The molecule has 2 aromatic carbocycles. The van der Waals surface area contributed by atoms with Crippen LogP contribution in [-0.4, -0.2) is 33.9 Å². The molecule has 34 heavy (non-hydrogen) atoms. The number of rotatable bonds is 3. The van der Waals surface area contributed by atoms with E-state index in [9.17, 15) is 9.59 Å². The number of aromatic amines is 1. The van der Waals surface area contributed by atoms with Gasteiger partial charge in [-0.15, -0.1) is 11.6 Å². The first-order valence-electron chi connectivity index (χ1n) is 11.0. The second-order valence-electron chi connectivity index (χ2n) is 8.30. The van der Waals surface area contributed by atoms with Crippen LogP contribution in [0.4, 0.5) is 4.79 Å². The van der Waals surface area contributed by atoms with Crippen LogP contribution >= 0.6 is 23.2 Å². The molecule has 3 aromatic rings. The maximum absolute atomic E-state index is 13.3. The first-order valence-corrected chi connectivity index (χ1v) is 11.8. The van der Waals surface area contributed by atoms with Crippen molar-refractivity contribution in [1.29, 1.82) is 0 Å². The van der Waals surface area contributed by atoms with E-state index in [1.807, 2.05) is 12.1 Å². The molecular weight excluding hydrogens is 475 g/mol. The van der Waals surface area contributed by atoms with Gasteiger partial charge in [0.25, 0.3) is 0 Å². The summed E-state index contributed by atoms with van der Waals surface area (Å²) >= 11 is 12.4. The number of hydrogen-bond acceptors (Lipinski definition) is 4. The van der Waals surface area contributed by atoms with E-state index in [2.05, 4.69) is 17.1 Å². The zero-order valence-corrected chi connectivity index (χ0v) is 19.9. The Balaban J connectivity index is 1.55. The lowest BCUT2D eigenvalue weighted by molar-refractivity contribution is -0.131. The molecule has 1 aromatic heterocycles. The molecule has 0 saturated carbocycles. The van der Waals surface area contributed by atoms with Crippen molar-refractivity contribution < 1.29 is 19.1 Å². The fourth-order valence-corrected chi connectivity index (χ4v) is 4.88. The number of alkyl halides is 1. The van der Waals surface area contributed by atoms with Crippen molar-refractivity contribution >= 4 is 47.4 Å². The Morgan fingerprint density at radius 1 is 1.03 bits per heavy atom. The summed E-state index contributed by atoms with van der Waals surface area (Å²) < 4.78 is 10.9. The van der Waals surface area contributed by atoms with E-state index >= 15 is 0 Å². The Kier molecular flexibility index (Phi) is 6.11. The van der Waals surface area contributed by atoms with E-state index in [0.29, 0.717) is 29.5 Å². The number of nitrogens with one attached hydrogen (secondary N) is 1. The van der Waals surface area contributed by atoms with E-state index in [1.165, 1.54) is 6.92 Å². The minimum atomic E-state index is -0.460. The largest absolute Gasteiger partial charge is 0.427 e. The van der Waals surface area contributed by atoms with Gasteiger partial charge in [-0.3, -0.25) is 9.69 Å². The molecule has 2 aliphatic rings. The van der Waals surface area contributed by atoms with Crippen LogP contribution in [0.3, 0.4) is 0 Å². The summed E-state index contributed by atoms with van der Waals surface area (Å²) in [6.45, 7) is 1.83. The number of fused-ring (bicyclic) bond motifs is 3. The Hall–Kier alpha value is -3.22. The van der Waals surface area contributed by atoms with E-state index < -0.39 is 12.1 Å². The topological polar surface area (TPSA) is 71.6 Å². The molecule has 174 valence electrons. The summed E-state index contributed by atoms with van der Waals surface area (Å²) in [6.07, 6.45) is 5.14. The SMILES string of the molecule is CC(=O)Oc1ccc([C@@H]2c3[nH]c4c(c3CCN2C(=O)Oc2ccc(Cl)cc2)=CC(Cl)CC=4)cc1. The van der Waals surface area contributed by atoms with Gasteiger partial charge in [-0.25, -0.2) is 4.79 Å². The van der Waals surface area contributed by atoms with Crippen molar-refractivity contribution in [2.45, 2.75) is 31.2 Å². The molecule has 0 spiro atoms. The van der Waals surface area contributed by atoms with Crippen molar-refractivity contribution in [3.05, 3.63) is 80.9 Å². The third kappa shape index (κ3) is 4.43. The average Bonchev–Trinajstić information content (AvgIpc) is 3.18. The summed E-state index contributed by atoms with van der Waals surface area (Å²) in [5.41, 5.74) is 2.95. The van der Waals surface area contributed by atoms with Crippen LogP contribution in [0.2, 0.25) is 5.02 Å². The van der Waals surface area contributed by atoms with Crippen molar-refractivity contribution in [2.75, 3.05) is 6.54 Å².